The molecule has 3 aromatic rings. The fourth-order valence-corrected chi connectivity index (χ4v) is 3.10. The molecule has 4 rings (SSSR count). The zero-order valence-corrected chi connectivity index (χ0v) is 16.2. The van der Waals surface area contributed by atoms with Crippen molar-refractivity contribution in [3.05, 3.63) is 72.2 Å². The summed E-state index contributed by atoms with van der Waals surface area (Å²) in [6.07, 6.45) is 1.39. The minimum Gasteiger partial charge on any atom is -0.486 e. The lowest BCUT2D eigenvalue weighted by atomic mass is 10.2. The second-order valence-corrected chi connectivity index (χ2v) is 6.58. The second kappa shape index (κ2) is 8.60. The minimum absolute atomic E-state index is 0.135. The number of benzene rings is 2. The number of hydrogen-bond acceptors (Lipinski definition) is 6. The van der Waals surface area contributed by atoms with Gasteiger partial charge in [-0.25, -0.2) is 9.97 Å². The van der Waals surface area contributed by atoms with Gasteiger partial charge in [-0.2, -0.15) is 0 Å². The van der Waals surface area contributed by atoms with Crippen LogP contribution in [0.15, 0.2) is 60.9 Å². The molecule has 0 radical (unpaired) electrons. The molecule has 1 aromatic heterocycles. The molecule has 7 nitrogen and oxygen atoms in total. The Morgan fingerprint density at radius 1 is 1.03 bits per heavy atom. The Kier molecular flexibility index (Phi) is 5.56. The van der Waals surface area contributed by atoms with E-state index >= 15 is 0 Å². The number of carbonyl (C=O) groups excluding carboxylic acids is 1. The van der Waals surface area contributed by atoms with Crippen molar-refractivity contribution in [1.29, 1.82) is 0 Å². The normalized spacial score (nSPS) is 12.3. The number of aromatic nitrogens is 2. The summed E-state index contributed by atoms with van der Waals surface area (Å²) in [5.74, 6) is 1.81. The maximum atomic E-state index is 12.9. The van der Waals surface area contributed by atoms with Gasteiger partial charge in [-0.15, -0.1) is 0 Å². The molecule has 0 spiro atoms. The molecular weight excluding hydrogens is 368 g/mol. The molecule has 0 bridgehead atoms. The van der Waals surface area contributed by atoms with E-state index in [0.717, 1.165) is 17.0 Å². The third-order valence-electron chi connectivity index (χ3n) is 4.59. The van der Waals surface area contributed by atoms with Gasteiger partial charge in [0, 0.05) is 30.9 Å². The van der Waals surface area contributed by atoms with Crippen molar-refractivity contribution in [2.75, 3.05) is 25.1 Å². The van der Waals surface area contributed by atoms with Gasteiger partial charge in [-0.1, -0.05) is 30.3 Å². The lowest BCUT2D eigenvalue weighted by Gasteiger charge is -2.21. The highest BCUT2D eigenvalue weighted by molar-refractivity contribution is 5.93. The summed E-state index contributed by atoms with van der Waals surface area (Å²) in [4.78, 5) is 23.1. The van der Waals surface area contributed by atoms with Crippen LogP contribution >= 0.6 is 0 Å². The van der Waals surface area contributed by atoms with Gasteiger partial charge in [0.2, 0.25) is 0 Å². The maximum Gasteiger partial charge on any atom is 0.272 e. The molecule has 0 atom stereocenters. The molecule has 2 aromatic carbocycles. The summed E-state index contributed by atoms with van der Waals surface area (Å²) in [5, 5.41) is 3.20. The highest BCUT2D eigenvalue weighted by Crippen LogP contribution is 2.33. The van der Waals surface area contributed by atoms with E-state index in [2.05, 4.69) is 15.3 Å². The summed E-state index contributed by atoms with van der Waals surface area (Å²) in [6, 6.07) is 17.1. The fraction of sp³-hybridized carbons (Fsp3) is 0.227. The van der Waals surface area contributed by atoms with Crippen molar-refractivity contribution >= 4 is 17.4 Å². The zero-order valence-electron chi connectivity index (χ0n) is 16.2. The largest absolute Gasteiger partial charge is 0.486 e. The first kappa shape index (κ1) is 18.7. The highest BCUT2D eigenvalue weighted by atomic mass is 16.6. The van der Waals surface area contributed by atoms with Crippen LogP contribution in [0.25, 0.3) is 0 Å². The number of nitrogens with zero attached hydrogens (tertiary/aromatic N) is 3. The van der Waals surface area contributed by atoms with Crippen molar-refractivity contribution in [3.63, 3.8) is 0 Å². The zero-order chi connectivity index (χ0) is 20.1. The van der Waals surface area contributed by atoms with E-state index in [4.69, 9.17) is 9.47 Å². The van der Waals surface area contributed by atoms with E-state index in [0.29, 0.717) is 43.6 Å². The molecule has 0 aliphatic carbocycles. The van der Waals surface area contributed by atoms with Crippen LogP contribution in [0.5, 0.6) is 11.5 Å². The monoisotopic (exact) mass is 390 g/mol. The standard InChI is InChI=1S/C22H22N4O3/c1-2-26(14-16-6-4-3-5-7-16)22(27)18-13-21(24-15-23-18)25-17-8-9-19-20(12-17)29-11-10-28-19/h3-9,12-13,15H,2,10-11,14H2,1H3,(H,23,24,25). The Labute approximate surface area is 169 Å². The third-order valence-corrected chi connectivity index (χ3v) is 4.59. The van der Waals surface area contributed by atoms with Crippen molar-refractivity contribution in [3.8, 4) is 11.5 Å². The van der Waals surface area contributed by atoms with Crippen LogP contribution in [0, 0.1) is 0 Å². The minimum atomic E-state index is -0.135. The third kappa shape index (κ3) is 4.45. The van der Waals surface area contributed by atoms with Crippen LogP contribution in [-0.2, 0) is 6.54 Å². The molecule has 1 N–H and O–H groups in total. The van der Waals surface area contributed by atoms with E-state index in [-0.39, 0.29) is 5.91 Å². The molecular formula is C22H22N4O3. The number of rotatable bonds is 6. The molecule has 7 heteroatoms. The second-order valence-electron chi connectivity index (χ2n) is 6.58. The van der Waals surface area contributed by atoms with Crippen molar-refractivity contribution in [2.24, 2.45) is 0 Å². The fourth-order valence-electron chi connectivity index (χ4n) is 3.10. The van der Waals surface area contributed by atoms with Crippen LogP contribution in [0.3, 0.4) is 0 Å². The first-order valence-corrected chi connectivity index (χ1v) is 9.55. The molecule has 0 fully saturated rings. The number of anilines is 2. The van der Waals surface area contributed by atoms with Gasteiger partial charge in [0.15, 0.2) is 11.5 Å². The van der Waals surface area contributed by atoms with Crippen LogP contribution in [0.4, 0.5) is 11.5 Å². The summed E-state index contributed by atoms with van der Waals surface area (Å²) >= 11 is 0. The SMILES string of the molecule is CCN(Cc1ccccc1)C(=O)c1cc(Nc2ccc3c(c2)OCCO3)ncn1. The van der Waals surface area contributed by atoms with Gasteiger partial charge in [0.1, 0.15) is 31.1 Å². The van der Waals surface area contributed by atoms with Gasteiger partial charge in [0.25, 0.3) is 5.91 Å². The van der Waals surface area contributed by atoms with Crippen LogP contribution < -0.4 is 14.8 Å². The molecule has 2 heterocycles. The smallest absolute Gasteiger partial charge is 0.272 e. The van der Waals surface area contributed by atoms with E-state index in [1.807, 2.05) is 55.5 Å². The average Bonchev–Trinajstić information content (AvgIpc) is 2.78. The van der Waals surface area contributed by atoms with Crippen molar-refractivity contribution in [2.45, 2.75) is 13.5 Å². The van der Waals surface area contributed by atoms with E-state index < -0.39 is 0 Å². The Bertz CT molecular complexity index is 994. The van der Waals surface area contributed by atoms with E-state index in [9.17, 15) is 4.79 Å². The number of carbonyl (C=O) groups is 1. The van der Waals surface area contributed by atoms with Crippen LogP contribution in [0.1, 0.15) is 23.0 Å². The topological polar surface area (TPSA) is 76.6 Å². The Morgan fingerprint density at radius 2 is 1.83 bits per heavy atom. The van der Waals surface area contributed by atoms with Gasteiger partial charge in [-0.05, 0) is 24.6 Å². The lowest BCUT2D eigenvalue weighted by Crippen LogP contribution is -2.31. The Morgan fingerprint density at radius 3 is 2.62 bits per heavy atom. The quantitative estimate of drug-likeness (QED) is 0.692. The number of ether oxygens (including phenoxy) is 2. The predicted octanol–water partition coefficient (Wildman–Crippen LogP) is 3.65. The van der Waals surface area contributed by atoms with Crippen LogP contribution in [-0.4, -0.2) is 40.5 Å². The van der Waals surface area contributed by atoms with Gasteiger partial charge in [-0.3, -0.25) is 4.79 Å². The maximum absolute atomic E-state index is 12.9. The number of hydrogen-bond donors (Lipinski definition) is 1. The average molecular weight is 390 g/mol. The highest BCUT2D eigenvalue weighted by Gasteiger charge is 2.17. The summed E-state index contributed by atoms with van der Waals surface area (Å²) in [6.45, 7) is 4.15. The first-order valence-electron chi connectivity index (χ1n) is 9.55. The van der Waals surface area contributed by atoms with Gasteiger partial charge < -0.3 is 19.7 Å². The summed E-state index contributed by atoms with van der Waals surface area (Å²) in [7, 11) is 0. The van der Waals surface area contributed by atoms with E-state index in [1.165, 1.54) is 6.33 Å². The number of fused-ring (bicyclic) bond motifs is 1. The lowest BCUT2D eigenvalue weighted by molar-refractivity contribution is 0.0746. The molecule has 1 aliphatic rings. The molecule has 0 saturated heterocycles. The predicted molar refractivity (Wildman–Crippen MR) is 110 cm³/mol. The Balaban J connectivity index is 1.49. The molecule has 1 amide bonds. The summed E-state index contributed by atoms with van der Waals surface area (Å²) < 4.78 is 11.1. The van der Waals surface area contributed by atoms with E-state index in [1.54, 1.807) is 11.0 Å². The Hall–Kier alpha value is -3.61. The molecule has 0 unspecified atom stereocenters. The van der Waals surface area contributed by atoms with Gasteiger partial charge in [0.05, 0.1) is 0 Å². The first-order chi connectivity index (χ1) is 14.2. The molecule has 29 heavy (non-hydrogen) atoms. The number of nitrogens with one attached hydrogen (secondary N) is 1. The van der Waals surface area contributed by atoms with Crippen molar-refractivity contribution in [1.82, 2.24) is 14.9 Å². The van der Waals surface area contributed by atoms with Crippen molar-refractivity contribution < 1.29 is 14.3 Å². The molecule has 148 valence electrons. The number of amides is 1. The van der Waals surface area contributed by atoms with Crippen LogP contribution in [0.2, 0.25) is 0 Å². The molecule has 1 aliphatic heterocycles. The molecule has 0 saturated carbocycles. The summed E-state index contributed by atoms with van der Waals surface area (Å²) in [5.41, 5.74) is 2.21. The van der Waals surface area contributed by atoms with Gasteiger partial charge >= 0.3 is 0 Å².